The van der Waals surface area contributed by atoms with Crippen LogP contribution in [-0.2, 0) is 0 Å². The molecule has 0 saturated heterocycles. The first-order valence-electron chi connectivity index (χ1n) is 7.50. The van der Waals surface area contributed by atoms with Crippen LogP contribution in [0.3, 0.4) is 0 Å². The minimum Gasteiger partial charge on any atom is -0.264 e. The van der Waals surface area contributed by atoms with Gasteiger partial charge in [-0.2, -0.15) is 5.10 Å². The van der Waals surface area contributed by atoms with Crippen LogP contribution in [0.25, 0.3) is 20.4 Å². The van der Waals surface area contributed by atoms with Crippen LogP contribution in [0, 0.1) is 13.8 Å². The SMILES string of the molecule is Cc1cc(C)c2c(n1)sc1c(=O)n(/N=C/c3ccccc3Cl)nnc12. The van der Waals surface area contributed by atoms with Gasteiger partial charge in [0.1, 0.15) is 15.0 Å². The molecule has 1 aromatic carbocycles. The fourth-order valence-electron chi connectivity index (χ4n) is 2.65. The highest BCUT2D eigenvalue weighted by molar-refractivity contribution is 7.25. The van der Waals surface area contributed by atoms with Crippen molar-refractivity contribution in [2.75, 3.05) is 0 Å². The molecule has 0 aliphatic carbocycles. The minimum absolute atomic E-state index is 0.326. The monoisotopic (exact) mass is 369 g/mol. The number of hydrogen-bond donors (Lipinski definition) is 0. The molecule has 0 saturated carbocycles. The summed E-state index contributed by atoms with van der Waals surface area (Å²) in [5, 5.41) is 13.6. The smallest absolute Gasteiger partial charge is 0.264 e. The van der Waals surface area contributed by atoms with Gasteiger partial charge in [0, 0.05) is 21.7 Å². The van der Waals surface area contributed by atoms with Crippen molar-refractivity contribution < 1.29 is 0 Å². The van der Waals surface area contributed by atoms with Crippen LogP contribution in [0.2, 0.25) is 5.02 Å². The Morgan fingerprint density at radius 1 is 1.28 bits per heavy atom. The summed E-state index contributed by atoms with van der Waals surface area (Å²) in [6, 6.07) is 9.19. The number of aryl methyl sites for hydroxylation is 2. The summed E-state index contributed by atoms with van der Waals surface area (Å²) in [6.07, 6.45) is 1.49. The summed E-state index contributed by atoms with van der Waals surface area (Å²) in [5.74, 6) is 0. The van der Waals surface area contributed by atoms with Crippen LogP contribution in [0.1, 0.15) is 16.8 Å². The maximum absolute atomic E-state index is 12.7. The van der Waals surface area contributed by atoms with Crippen molar-refractivity contribution in [3.63, 3.8) is 0 Å². The van der Waals surface area contributed by atoms with Crippen molar-refractivity contribution in [2.24, 2.45) is 5.10 Å². The molecule has 0 spiro atoms. The van der Waals surface area contributed by atoms with E-state index in [2.05, 4.69) is 20.4 Å². The number of halogens is 1. The van der Waals surface area contributed by atoms with Gasteiger partial charge in [0.25, 0.3) is 0 Å². The Bertz CT molecular complexity index is 1210. The lowest BCUT2D eigenvalue weighted by Gasteiger charge is -1.99. The molecule has 3 aromatic heterocycles. The van der Waals surface area contributed by atoms with E-state index in [1.807, 2.05) is 32.0 Å². The Labute approximate surface area is 151 Å². The number of aromatic nitrogens is 4. The van der Waals surface area contributed by atoms with Gasteiger partial charge in [0.05, 0.1) is 6.21 Å². The molecule has 0 aliphatic rings. The summed E-state index contributed by atoms with van der Waals surface area (Å²) >= 11 is 7.40. The zero-order chi connectivity index (χ0) is 17.6. The largest absolute Gasteiger partial charge is 0.309 e. The van der Waals surface area contributed by atoms with Gasteiger partial charge in [0.2, 0.25) is 0 Å². The molecule has 0 radical (unpaired) electrons. The first-order valence-corrected chi connectivity index (χ1v) is 8.69. The topological polar surface area (TPSA) is 73.0 Å². The third-order valence-corrected chi connectivity index (χ3v) is 5.18. The first kappa shape index (κ1) is 15.9. The highest BCUT2D eigenvalue weighted by Crippen LogP contribution is 2.31. The van der Waals surface area contributed by atoms with Crippen molar-refractivity contribution in [3.05, 3.63) is 62.5 Å². The summed E-state index contributed by atoms with van der Waals surface area (Å²) in [4.78, 5) is 19.0. The Balaban J connectivity index is 1.89. The molecule has 0 bridgehead atoms. The second-order valence-corrected chi connectivity index (χ2v) is 7.00. The molecule has 0 aliphatic heterocycles. The Hall–Kier alpha value is -2.64. The van der Waals surface area contributed by atoms with Gasteiger partial charge in [-0.15, -0.1) is 16.4 Å². The van der Waals surface area contributed by atoms with E-state index in [0.717, 1.165) is 26.3 Å². The second kappa shape index (κ2) is 6.02. The molecule has 4 aromatic rings. The molecule has 0 N–H and O–H groups in total. The van der Waals surface area contributed by atoms with Crippen molar-refractivity contribution in [1.29, 1.82) is 0 Å². The van der Waals surface area contributed by atoms with E-state index in [-0.39, 0.29) is 5.56 Å². The third-order valence-electron chi connectivity index (χ3n) is 3.78. The maximum atomic E-state index is 12.7. The summed E-state index contributed by atoms with van der Waals surface area (Å²) in [7, 11) is 0. The van der Waals surface area contributed by atoms with Crippen LogP contribution in [0.15, 0.2) is 40.2 Å². The molecule has 124 valence electrons. The Kier molecular flexibility index (Phi) is 3.82. The van der Waals surface area contributed by atoms with Crippen LogP contribution in [0.5, 0.6) is 0 Å². The summed E-state index contributed by atoms with van der Waals surface area (Å²) < 4.78 is 0.488. The van der Waals surface area contributed by atoms with Gasteiger partial charge < -0.3 is 0 Å². The van der Waals surface area contributed by atoms with Crippen molar-refractivity contribution in [3.8, 4) is 0 Å². The van der Waals surface area contributed by atoms with Crippen molar-refractivity contribution in [2.45, 2.75) is 13.8 Å². The average molecular weight is 370 g/mol. The second-order valence-electron chi connectivity index (χ2n) is 5.59. The van der Waals surface area contributed by atoms with Gasteiger partial charge >= 0.3 is 5.56 Å². The standard InChI is InChI=1S/C17H12ClN5OS/c1-9-7-10(2)20-16-13(9)14-15(25-16)17(24)23(22-21-14)19-8-11-5-3-4-6-12(11)18/h3-8H,1-2H3/b19-8+. The van der Waals surface area contributed by atoms with E-state index in [1.54, 1.807) is 12.1 Å². The maximum Gasteiger partial charge on any atom is 0.309 e. The zero-order valence-electron chi connectivity index (χ0n) is 13.4. The number of nitrogens with zero attached hydrogens (tertiary/aromatic N) is 5. The van der Waals surface area contributed by atoms with E-state index >= 15 is 0 Å². The first-order chi connectivity index (χ1) is 12.0. The number of hydrogen-bond acceptors (Lipinski definition) is 6. The summed E-state index contributed by atoms with van der Waals surface area (Å²) in [5.41, 5.74) is 2.87. The highest BCUT2D eigenvalue weighted by Gasteiger charge is 2.15. The molecule has 8 heteroatoms. The minimum atomic E-state index is -0.326. The molecule has 0 fully saturated rings. The van der Waals surface area contributed by atoms with E-state index in [1.165, 1.54) is 17.6 Å². The normalized spacial score (nSPS) is 11.8. The number of pyridine rings is 1. The van der Waals surface area contributed by atoms with Gasteiger partial charge in [-0.05, 0) is 36.8 Å². The highest BCUT2D eigenvalue weighted by atomic mass is 35.5. The summed E-state index contributed by atoms with van der Waals surface area (Å²) in [6.45, 7) is 3.90. The van der Waals surface area contributed by atoms with Crippen LogP contribution >= 0.6 is 22.9 Å². The van der Waals surface area contributed by atoms with E-state index in [9.17, 15) is 4.79 Å². The van der Waals surface area contributed by atoms with Crippen molar-refractivity contribution in [1.82, 2.24) is 20.1 Å². The molecule has 3 heterocycles. The van der Waals surface area contributed by atoms with Gasteiger partial charge in [0.15, 0.2) is 0 Å². The number of thiophene rings is 1. The van der Waals surface area contributed by atoms with Gasteiger partial charge in [-0.25, -0.2) is 4.98 Å². The molecular formula is C17H12ClN5OS. The van der Waals surface area contributed by atoms with Crippen molar-refractivity contribution >= 4 is 49.6 Å². The van der Waals surface area contributed by atoms with E-state index < -0.39 is 0 Å². The predicted octanol–water partition coefficient (Wildman–Crippen LogP) is 3.55. The lowest BCUT2D eigenvalue weighted by Crippen LogP contribution is -2.19. The third kappa shape index (κ3) is 2.71. The molecule has 25 heavy (non-hydrogen) atoms. The molecule has 6 nitrogen and oxygen atoms in total. The lowest BCUT2D eigenvalue weighted by atomic mass is 10.1. The number of benzene rings is 1. The Morgan fingerprint density at radius 2 is 2.08 bits per heavy atom. The lowest BCUT2D eigenvalue weighted by molar-refractivity contribution is 0.643. The van der Waals surface area contributed by atoms with Crippen LogP contribution in [0.4, 0.5) is 0 Å². The van der Waals surface area contributed by atoms with Crippen LogP contribution < -0.4 is 5.56 Å². The van der Waals surface area contributed by atoms with E-state index in [0.29, 0.717) is 20.8 Å². The molecule has 4 rings (SSSR count). The predicted molar refractivity (Wildman–Crippen MR) is 101 cm³/mol. The fourth-order valence-corrected chi connectivity index (χ4v) is 3.99. The van der Waals surface area contributed by atoms with Gasteiger partial charge in [-0.3, -0.25) is 4.79 Å². The number of fused-ring (bicyclic) bond motifs is 3. The average Bonchev–Trinajstić information content (AvgIpc) is 2.95. The number of rotatable bonds is 2. The van der Waals surface area contributed by atoms with Crippen LogP contribution in [-0.4, -0.2) is 26.3 Å². The molecule has 0 amide bonds. The molecule has 0 atom stereocenters. The van der Waals surface area contributed by atoms with Gasteiger partial charge in [-0.1, -0.05) is 34.6 Å². The Morgan fingerprint density at radius 3 is 2.88 bits per heavy atom. The quantitative estimate of drug-likeness (QED) is 0.506. The fraction of sp³-hybridized carbons (Fsp3) is 0.118. The van der Waals surface area contributed by atoms with E-state index in [4.69, 9.17) is 11.6 Å². The zero-order valence-corrected chi connectivity index (χ0v) is 15.0. The molecule has 0 unspecified atom stereocenters. The molecular weight excluding hydrogens is 358 g/mol.